The van der Waals surface area contributed by atoms with Crippen LogP contribution in [0.4, 0.5) is 5.69 Å². The fourth-order valence-corrected chi connectivity index (χ4v) is 2.54. The topological polar surface area (TPSA) is 50.4 Å². The van der Waals surface area contributed by atoms with Gasteiger partial charge in [-0.15, -0.1) is 12.4 Å². The summed E-state index contributed by atoms with van der Waals surface area (Å²) in [4.78, 5) is 12.1. The van der Waals surface area contributed by atoms with Crippen molar-refractivity contribution in [3.63, 3.8) is 0 Å². The van der Waals surface area contributed by atoms with Gasteiger partial charge in [0.05, 0.1) is 6.04 Å². The molecule has 0 bridgehead atoms. The third kappa shape index (κ3) is 4.98. The average Bonchev–Trinajstić information content (AvgIpc) is 2.58. The standard InChI is InChI=1S/C18H20N2O2.ClH/c21-18(17-8-4-5-13-19-17)20-14-9-11-16(12-10-14)22-15-6-2-1-3-7-15;/h1-3,6-7,9-12,17,19H,4-5,8,13H2,(H,20,21);1H/t17-;/m0./s1. The van der Waals surface area contributed by atoms with Gasteiger partial charge in [-0.1, -0.05) is 24.6 Å². The number of halogens is 1. The molecule has 1 amide bonds. The van der Waals surface area contributed by atoms with E-state index in [1.807, 2.05) is 54.6 Å². The van der Waals surface area contributed by atoms with Crippen LogP contribution in [0.2, 0.25) is 0 Å². The Morgan fingerprint density at radius 2 is 1.70 bits per heavy atom. The van der Waals surface area contributed by atoms with Crippen LogP contribution < -0.4 is 15.4 Å². The van der Waals surface area contributed by atoms with Crippen molar-refractivity contribution < 1.29 is 9.53 Å². The lowest BCUT2D eigenvalue weighted by molar-refractivity contribution is -0.118. The van der Waals surface area contributed by atoms with Crippen LogP contribution in [-0.4, -0.2) is 18.5 Å². The highest BCUT2D eigenvalue weighted by Gasteiger charge is 2.20. The minimum Gasteiger partial charge on any atom is -0.457 e. The molecule has 0 spiro atoms. The molecule has 2 N–H and O–H groups in total. The zero-order valence-electron chi connectivity index (χ0n) is 12.8. The molecule has 2 aromatic carbocycles. The quantitative estimate of drug-likeness (QED) is 0.890. The van der Waals surface area contributed by atoms with Gasteiger partial charge in [-0.3, -0.25) is 4.79 Å². The summed E-state index contributed by atoms with van der Waals surface area (Å²) in [6, 6.07) is 17.0. The second-order valence-corrected chi connectivity index (χ2v) is 5.43. The Bertz CT molecular complexity index is 611. The summed E-state index contributed by atoms with van der Waals surface area (Å²) in [6.45, 7) is 0.919. The number of rotatable bonds is 4. The van der Waals surface area contributed by atoms with E-state index in [1.165, 1.54) is 0 Å². The van der Waals surface area contributed by atoms with Crippen molar-refractivity contribution in [3.8, 4) is 11.5 Å². The molecule has 1 aliphatic heterocycles. The number of para-hydroxylation sites is 1. The molecule has 0 unspecified atom stereocenters. The van der Waals surface area contributed by atoms with Gasteiger partial charge in [0.25, 0.3) is 0 Å². The highest BCUT2D eigenvalue weighted by Crippen LogP contribution is 2.22. The summed E-state index contributed by atoms with van der Waals surface area (Å²) < 4.78 is 5.73. The summed E-state index contributed by atoms with van der Waals surface area (Å²) >= 11 is 0. The third-order valence-corrected chi connectivity index (χ3v) is 3.73. The fourth-order valence-electron chi connectivity index (χ4n) is 2.54. The van der Waals surface area contributed by atoms with Gasteiger partial charge >= 0.3 is 0 Å². The van der Waals surface area contributed by atoms with Crippen LogP contribution in [0.1, 0.15) is 19.3 Å². The Kier molecular flexibility index (Phi) is 6.44. The third-order valence-electron chi connectivity index (χ3n) is 3.73. The van der Waals surface area contributed by atoms with Crippen LogP contribution in [0.25, 0.3) is 0 Å². The predicted molar refractivity (Wildman–Crippen MR) is 94.5 cm³/mol. The van der Waals surface area contributed by atoms with Gasteiger partial charge in [-0.05, 0) is 55.8 Å². The van der Waals surface area contributed by atoms with Crippen molar-refractivity contribution >= 4 is 24.0 Å². The number of ether oxygens (including phenoxy) is 1. The first-order chi connectivity index (χ1) is 10.8. The van der Waals surface area contributed by atoms with Gasteiger partial charge in [-0.2, -0.15) is 0 Å². The Hall–Kier alpha value is -2.04. The Morgan fingerprint density at radius 1 is 1.00 bits per heavy atom. The van der Waals surface area contributed by atoms with E-state index >= 15 is 0 Å². The fraction of sp³-hybridized carbons (Fsp3) is 0.278. The number of benzene rings is 2. The lowest BCUT2D eigenvalue weighted by atomic mass is 10.0. The number of hydrogen-bond donors (Lipinski definition) is 2. The van der Waals surface area contributed by atoms with Gasteiger partial charge in [-0.25, -0.2) is 0 Å². The zero-order valence-corrected chi connectivity index (χ0v) is 13.6. The number of hydrogen-bond acceptors (Lipinski definition) is 3. The van der Waals surface area contributed by atoms with Crippen LogP contribution in [0.5, 0.6) is 11.5 Å². The predicted octanol–water partition coefficient (Wildman–Crippen LogP) is 3.98. The van der Waals surface area contributed by atoms with E-state index in [1.54, 1.807) is 0 Å². The maximum atomic E-state index is 12.1. The Labute approximate surface area is 142 Å². The number of carbonyl (C=O) groups excluding carboxylic acids is 1. The largest absolute Gasteiger partial charge is 0.457 e. The monoisotopic (exact) mass is 332 g/mol. The second kappa shape index (κ2) is 8.56. The Morgan fingerprint density at radius 3 is 2.35 bits per heavy atom. The molecule has 0 aliphatic carbocycles. The van der Waals surface area contributed by atoms with E-state index in [9.17, 15) is 4.79 Å². The molecule has 2 aromatic rings. The summed E-state index contributed by atoms with van der Waals surface area (Å²) in [5, 5.41) is 6.19. The van der Waals surface area contributed by atoms with Gasteiger partial charge < -0.3 is 15.4 Å². The zero-order chi connectivity index (χ0) is 15.2. The molecule has 1 saturated heterocycles. The number of nitrogens with one attached hydrogen (secondary N) is 2. The number of carbonyl (C=O) groups is 1. The molecule has 3 rings (SSSR count). The number of piperidine rings is 1. The highest BCUT2D eigenvalue weighted by atomic mass is 35.5. The molecule has 23 heavy (non-hydrogen) atoms. The first-order valence-electron chi connectivity index (χ1n) is 7.68. The maximum absolute atomic E-state index is 12.1. The first kappa shape index (κ1) is 17.3. The Balaban J connectivity index is 0.00000192. The summed E-state index contributed by atoms with van der Waals surface area (Å²) in [7, 11) is 0. The molecule has 0 saturated carbocycles. The molecule has 122 valence electrons. The molecule has 5 heteroatoms. The molecular formula is C18H21ClN2O2. The summed E-state index contributed by atoms with van der Waals surface area (Å²) in [6.07, 6.45) is 3.16. The molecule has 1 heterocycles. The minimum atomic E-state index is -0.0750. The molecule has 0 aromatic heterocycles. The molecule has 0 radical (unpaired) electrons. The van der Waals surface area contributed by atoms with Crippen LogP contribution in [-0.2, 0) is 4.79 Å². The van der Waals surface area contributed by atoms with E-state index in [0.29, 0.717) is 0 Å². The van der Waals surface area contributed by atoms with Gasteiger partial charge in [0.2, 0.25) is 5.91 Å². The minimum absolute atomic E-state index is 0. The molecule has 4 nitrogen and oxygen atoms in total. The molecule has 1 atom stereocenters. The van der Waals surface area contributed by atoms with Crippen LogP contribution >= 0.6 is 12.4 Å². The summed E-state index contributed by atoms with van der Waals surface area (Å²) in [5.74, 6) is 1.59. The van der Waals surface area contributed by atoms with Gasteiger partial charge in [0.1, 0.15) is 11.5 Å². The number of amides is 1. The van der Waals surface area contributed by atoms with Crippen molar-refractivity contribution in [2.24, 2.45) is 0 Å². The van der Waals surface area contributed by atoms with Crippen LogP contribution in [0, 0.1) is 0 Å². The van der Waals surface area contributed by atoms with E-state index < -0.39 is 0 Å². The van der Waals surface area contributed by atoms with Crippen molar-refractivity contribution in [1.82, 2.24) is 5.32 Å². The number of anilines is 1. The summed E-state index contributed by atoms with van der Waals surface area (Å²) in [5.41, 5.74) is 0.790. The van der Waals surface area contributed by atoms with E-state index in [2.05, 4.69) is 10.6 Å². The lowest BCUT2D eigenvalue weighted by Crippen LogP contribution is -2.43. The maximum Gasteiger partial charge on any atom is 0.241 e. The molecular weight excluding hydrogens is 312 g/mol. The van der Waals surface area contributed by atoms with Crippen molar-refractivity contribution in [2.45, 2.75) is 25.3 Å². The SMILES string of the molecule is Cl.O=C(Nc1ccc(Oc2ccccc2)cc1)[C@@H]1CCCCN1. The van der Waals surface area contributed by atoms with Crippen LogP contribution in [0.3, 0.4) is 0 Å². The van der Waals surface area contributed by atoms with Crippen molar-refractivity contribution in [3.05, 3.63) is 54.6 Å². The van der Waals surface area contributed by atoms with Crippen molar-refractivity contribution in [2.75, 3.05) is 11.9 Å². The van der Waals surface area contributed by atoms with Crippen molar-refractivity contribution in [1.29, 1.82) is 0 Å². The van der Waals surface area contributed by atoms with Gasteiger partial charge in [0.15, 0.2) is 0 Å². The normalized spacial score (nSPS) is 17.0. The molecule has 1 aliphatic rings. The van der Waals surface area contributed by atoms with Gasteiger partial charge in [0, 0.05) is 5.69 Å². The lowest BCUT2D eigenvalue weighted by Gasteiger charge is -2.22. The second-order valence-electron chi connectivity index (χ2n) is 5.43. The highest BCUT2D eigenvalue weighted by molar-refractivity contribution is 5.94. The van der Waals surface area contributed by atoms with E-state index in [0.717, 1.165) is 43.0 Å². The van der Waals surface area contributed by atoms with Crippen LogP contribution in [0.15, 0.2) is 54.6 Å². The van der Waals surface area contributed by atoms with E-state index in [-0.39, 0.29) is 24.4 Å². The molecule has 1 fully saturated rings. The average molecular weight is 333 g/mol. The van der Waals surface area contributed by atoms with E-state index in [4.69, 9.17) is 4.74 Å². The smallest absolute Gasteiger partial charge is 0.241 e. The first-order valence-corrected chi connectivity index (χ1v) is 7.68.